The van der Waals surface area contributed by atoms with Crippen LogP contribution in [-0.4, -0.2) is 66.5 Å². The van der Waals surface area contributed by atoms with Gasteiger partial charge in [-0.3, -0.25) is 14.4 Å². The molecule has 3 atom stereocenters. The van der Waals surface area contributed by atoms with Gasteiger partial charge in [-0.15, -0.1) is 6.42 Å². The Morgan fingerprint density at radius 3 is 2.00 bits per heavy atom. The quantitative estimate of drug-likeness (QED) is 0.110. The molecule has 0 spiro atoms. The lowest BCUT2D eigenvalue weighted by atomic mass is 10.0. The second kappa shape index (κ2) is 17.1. The summed E-state index contributed by atoms with van der Waals surface area (Å²) in [6, 6.07) is 0.424. The monoisotopic (exact) mass is 507 g/mol. The second-order valence-corrected chi connectivity index (χ2v) is 10.4. The third-order valence-electron chi connectivity index (χ3n) is 6.27. The molecule has 2 fully saturated rings. The van der Waals surface area contributed by atoms with Crippen LogP contribution < -0.4 is 26.6 Å². The largest absolute Gasteiger partial charge is 0.356 e. The zero-order valence-electron chi connectivity index (χ0n) is 20.7. The minimum atomic E-state index is -0.0580. The molecule has 2 aliphatic heterocycles. The molecule has 2 saturated heterocycles. The molecule has 0 aromatic rings. The Morgan fingerprint density at radius 1 is 0.829 bits per heavy atom. The number of carbonyl (C=O) groups is 4. The fraction of sp³-hybridized carbons (Fsp3) is 0.760. The number of rotatable bonds is 18. The van der Waals surface area contributed by atoms with Gasteiger partial charge in [0.1, 0.15) is 0 Å². The van der Waals surface area contributed by atoms with E-state index in [2.05, 4.69) is 32.5 Å². The van der Waals surface area contributed by atoms with Crippen LogP contribution >= 0.6 is 11.8 Å². The van der Waals surface area contributed by atoms with Crippen molar-refractivity contribution < 1.29 is 19.2 Å². The van der Waals surface area contributed by atoms with Gasteiger partial charge < -0.3 is 26.6 Å². The SMILES string of the molecule is C#CCNC(=O)CCCCCNC(=O)CCCCCNC(=O)CCCC[C@@H]1SC[C@@H]2NC(=O)N[C@@H]21. The van der Waals surface area contributed by atoms with Crippen molar-refractivity contribution in [2.75, 3.05) is 25.4 Å². The summed E-state index contributed by atoms with van der Waals surface area (Å²) >= 11 is 1.90. The molecule has 0 aromatic heterocycles. The Hall–Kier alpha value is -2.41. The number of carbonyl (C=O) groups excluding carboxylic acids is 4. The maximum atomic E-state index is 12.0. The first-order valence-corrected chi connectivity index (χ1v) is 14.0. The molecule has 0 aliphatic carbocycles. The van der Waals surface area contributed by atoms with Gasteiger partial charge in [0.25, 0.3) is 0 Å². The molecular formula is C25H41N5O4S. The van der Waals surface area contributed by atoms with Crippen molar-refractivity contribution in [3.05, 3.63) is 0 Å². The van der Waals surface area contributed by atoms with E-state index >= 15 is 0 Å². The van der Waals surface area contributed by atoms with Gasteiger partial charge in [-0.1, -0.05) is 25.2 Å². The number of terminal acetylenes is 1. The predicted molar refractivity (Wildman–Crippen MR) is 139 cm³/mol. The standard InChI is InChI=1S/C25H41N5O4S/c1-2-15-26-21(31)12-5-3-9-16-27-22(32)13-6-4-10-17-28-23(33)14-8-7-11-20-24-19(18-35-20)29-25(34)30-24/h1,19-20,24H,3-18H2,(H,26,31)(H,27,32)(H,28,33)(H2,29,30,34)/t19-,20-,24-/m0/s1. The Labute approximate surface area is 213 Å². The molecule has 0 saturated carbocycles. The van der Waals surface area contributed by atoms with Crippen LogP contribution in [0.5, 0.6) is 0 Å². The topological polar surface area (TPSA) is 128 Å². The highest BCUT2D eigenvalue weighted by molar-refractivity contribution is 8.00. The number of thioether (sulfide) groups is 1. The molecule has 5 amide bonds. The van der Waals surface area contributed by atoms with Crippen LogP contribution in [-0.2, 0) is 14.4 Å². The van der Waals surface area contributed by atoms with Crippen LogP contribution in [0.3, 0.4) is 0 Å². The van der Waals surface area contributed by atoms with E-state index in [4.69, 9.17) is 6.42 Å². The molecule has 2 heterocycles. The Kier molecular flexibility index (Phi) is 14.1. The van der Waals surface area contributed by atoms with E-state index in [0.717, 1.165) is 63.5 Å². The second-order valence-electron chi connectivity index (χ2n) is 9.17. The smallest absolute Gasteiger partial charge is 0.315 e. The molecule has 35 heavy (non-hydrogen) atoms. The van der Waals surface area contributed by atoms with Crippen LogP contribution in [0, 0.1) is 12.3 Å². The van der Waals surface area contributed by atoms with Crippen molar-refractivity contribution in [2.24, 2.45) is 0 Å². The number of hydrogen-bond acceptors (Lipinski definition) is 5. The normalized spacial score (nSPS) is 20.3. The fourth-order valence-electron chi connectivity index (χ4n) is 4.32. The van der Waals surface area contributed by atoms with Crippen LogP contribution in [0.4, 0.5) is 4.79 Å². The van der Waals surface area contributed by atoms with Gasteiger partial charge in [0, 0.05) is 43.4 Å². The van der Waals surface area contributed by atoms with E-state index in [1.54, 1.807) is 0 Å². The lowest BCUT2D eigenvalue weighted by Gasteiger charge is -2.16. The van der Waals surface area contributed by atoms with E-state index in [9.17, 15) is 19.2 Å². The highest BCUT2D eigenvalue weighted by Gasteiger charge is 2.42. The summed E-state index contributed by atoms with van der Waals surface area (Å²) in [6.07, 6.45) is 14.6. The molecule has 0 aromatic carbocycles. The summed E-state index contributed by atoms with van der Waals surface area (Å²) in [7, 11) is 0. The molecule has 9 nitrogen and oxygen atoms in total. The van der Waals surface area contributed by atoms with Crippen LogP contribution in [0.25, 0.3) is 0 Å². The highest BCUT2D eigenvalue weighted by Crippen LogP contribution is 2.33. The van der Waals surface area contributed by atoms with E-state index < -0.39 is 0 Å². The Bertz CT molecular complexity index is 742. The van der Waals surface area contributed by atoms with Crippen molar-refractivity contribution in [1.82, 2.24) is 26.6 Å². The zero-order chi connectivity index (χ0) is 25.3. The van der Waals surface area contributed by atoms with E-state index in [1.807, 2.05) is 11.8 Å². The molecule has 0 bridgehead atoms. The van der Waals surface area contributed by atoms with Crippen molar-refractivity contribution in [3.63, 3.8) is 0 Å². The molecule has 2 aliphatic rings. The van der Waals surface area contributed by atoms with Crippen LogP contribution in [0.1, 0.15) is 77.0 Å². The van der Waals surface area contributed by atoms with Crippen molar-refractivity contribution in [3.8, 4) is 12.3 Å². The lowest BCUT2D eigenvalue weighted by Crippen LogP contribution is -2.36. The van der Waals surface area contributed by atoms with Crippen molar-refractivity contribution >= 4 is 35.5 Å². The minimum Gasteiger partial charge on any atom is -0.356 e. The summed E-state index contributed by atoms with van der Waals surface area (Å²) in [6.45, 7) is 1.55. The van der Waals surface area contributed by atoms with Crippen molar-refractivity contribution in [2.45, 2.75) is 94.4 Å². The zero-order valence-corrected chi connectivity index (χ0v) is 21.5. The third-order valence-corrected chi connectivity index (χ3v) is 7.78. The van der Waals surface area contributed by atoms with Gasteiger partial charge in [0.2, 0.25) is 17.7 Å². The number of urea groups is 1. The third kappa shape index (κ3) is 12.2. The molecule has 196 valence electrons. The predicted octanol–water partition coefficient (Wildman–Crippen LogP) is 1.81. The summed E-state index contributed by atoms with van der Waals surface area (Å²) in [4.78, 5) is 46.7. The van der Waals surface area contributed by atoms with Gasteiger partial charge in [0.15, 0.2) is 0 Å². The molecule has 10 heteroatoms. The van der Waals surface area contributed by atoms with Crippen LogP contribution in [0.15, 0.2) is 0 Å². The fourth-order valence-corrected chi connectivity index (χ4v) is 5.86. The lowest BCUT2D eigenvalue weighted by molar-refractivity contribution is -0.122. The Morgan fingerprint density at radius 2 is 1.40 bits per heavy atom. The van der Waals surface area contributed by atoms with Crippen LogP contribution in [0.2, 0.25) is 0 Å². The average Bonchev–Trinajstić information content (AvgIpc) is 3.39. The number of fused-ring (bicyclic) bond motifs is 1. The average molecular weight is 508 g/mol. The summed E-state index contributed by atoms with van der Waals surface area (Å²) in [5, 5.41) is 14.9. The van der Waals surface area contributed by atoms with E-state index in [0.29, 0.717) is 37.6 Å². The first-order valence-electron chi connectivity index (χ1n) is 12.9. The molecule has 0 unspecified atom stereocenters. The van der Waals surface area contributed by atoms with E-state index in [1.165, 1.54) is 0 Å². The summed E-state index contributed by atoms with van der Waals surface area (Å²) in [5.74, 6) is 3.45. The summed E-state index contributed by atoms with van der Waals surface area (Å²) in [5.41, 5.74) is 0. The van der Waals surface area contributed by atoms with E-state index in [-0.39, 0.29) is 42.4 Å². The number of unbranched alkanes of at least 4 members (excludes halogenated alkanes) is 5. The maximum Gasteiger partial charge on any atom is 0.315 e. The number of nitrogens with one attached hydrogen (secondary N) is 5. The molecule has 0 radical (unpaired) electrons. The number of hydrogen-bond donors (Lipinski definition) is 5. The first-order chi connectivity index (χ1) is 17.0. The van der Waals surface area contributed by atoms with Gasteiger partial charge in [-0.05, 0) is 38.5 Å². The summed E-state index contributed by atoms with van der Waals surface area (Å²) < 4.78 is 0. The van der Waals surface area contributed by atoms with Gasteiger partial charge in [-0.2, -0.15) is 11.8 Å². The highest BCUT2D eigenvalue weighted by atomic mass is 32.2. The first kappa shape index (κ1) is 28.8. The number of amides is 5. The minimum absolute atomic E-state index is 0.0288. The van der Waals surface area contributed by atoms with Gasteiger partial charge >= 0.3 is 6.03 Å². The van der Waals surface area contributed by atoms with Gasteiger partial charge in [0.05, 0.1) is 18.6 Å². The molecule has 5 N–H and O–H groups in total. The maximum absolute atomic E-state index is 12.0. The Balaban J connectivity index is 1.33. The molecule has 2 rings (SSSR count). The molecular weight excluding hydrogens is 466 g/mol. The van der Waals surface area contributed by atoms with Crippen molar-refractivity contribution in [1.29, 1.82) is 0 Å². The van der Waals surface area contributed by atoms with Gasteiger partial charge in [-0.25, -0.2) is 4.79 Å².